The number of amides is 1. The smallest absolute Gasteiger partial charge is 0.308 e. The molecule has 1 aromatic carbocycles. The first kappa shape index (κ1) is 13.0. The summed E-state index contributed by atoms with van der Waals surface area (Å²) in [6, 6.07) is 6.51. The zero-order valence-electron chi connectivity index (χ0n) is 11.0. The molecule has 2 bridgehead atoms. The lowest BCUT2D eigenvalue weighted by molar-refractivity contribution is -0.143. The van der Waals surface area contributed by atoms with Crippen LogP contribution in [0, 0.1) is 5.92 Å². The van der Waals surface area contributed by atoms with Gasteiger partial charge in [-0.2, -0.15) is 0 Å². The molecule has 2 aliphatic heterocycles. The van der Waals surface area contributed by atoms with Gasteiger partial charge in [-0.15, -0.1) is 0 Å². The molecule has 1 amide bonds. The van der Waals surface area contributed by atoms with Gasteiger partial charge in [-0.3, -0.25) is 9.59 Å². The molecular weight excluding hydrogens is 258 g/mol. The van der Waals surface area contributed by atoms with Gasteiger partial charge in [0.05, 0.1) is 12.3 Å². The van der Waals surface area contributed by atoms with Gasteiger partial charge in [-0.1, -0.05) is 12.1 Å². The number of phenolic OH excluding ortho intramolecular Hbond substituents is 1. The van der Waals surface area contributed by atoms with Crippen LogP contribution in [-0.4, -0.2) is 39.1 Å². The Kier molecular flexibility index (Phi) is 3.12. The fourth-order valence-corrected chi connectivity index (χ4v) is 3.52. The third-order valence-electron chi connectivity index (χ3n) is 4.43. The molecule has 2 N–H and O–H groups in total. The topological polar surface area (TPSA) is 77.8 Å². The van der Waals surface area contributed by atoms with Crippen molar-refractivity contribution >= 4 is 11.9 Å². The van der Waals surface area contributed by atoms with Crippen molar-refractivity contribution in [3.05, 3.63) is 29.8 Å². The molecule has 5 heteroatoms. The fraction of sp³-hybridized carbons (Fsp3) is 0.467. The Morgan fingerprint density at radius 3 is 2.50 bits per heavy atom. The van der Waals surface area contributed by atoms with Gasteiger partial charge in [0.1, 0.15) is 5.75 Å². The number of carbonyl (C=O) groups is 2. The largest absolute Gasteiger partial charge is 0.508 e. The monoisotopic (exact) mass is 275 g/mol. The van der Waals surface area contributed by atoms with E-state index in [1.54, 1.807) is 29.2 Å². The number of benzene rings is 1. The minimum Gasteiger partial charge on any atom is -0.508 e. The molecule has 106 valence electrons. The maximum Gasteiger partial charge on any atom is 0.308 e. The summed E-state index contributed by atoms with van der Waals surface area (Å²) >= 11 is 0. The first-order valence-electron chi connectivity index (χ1n) is 6.88. The Labute approximate surface area is 116 Å². The number of rotatable bonds is 3. The average Bonchev–Trinajstić information content (AvgIpc) is 2.99. The number of carboxylic acids is 1. The van der Waals surface area contributed by atoms with E-state index in [4.69, 9.17) is 0 Å². The number of aromatic hydroxyl groups is 1. The van der Waals surface area contributed by atoms with Crippen molar-refractivity contribution in [2.45, 2.75) is 37.8 Å². The number of aliphatic carboxylic acids is 1. The van der Waals surface area contributed by atoms with Crippen LogP contribution in [0.5, 0.6) is 5.75 Å². The van der Waals surface area contributed by atoms with Gasteiger partial charge in [0, 0.05) is 12.1 Å². The molecular formula is C15H17NO4. The quantitative estimate of drug-likeness (QED) is 0.874. The molecule has 3 atom stereocenters. The zero-order valence-corrected chi connectivity index (χ0v) is 11.0. The average molecular weight is 275 g/mol. The van der Waals surface area contributed by atoms with Crippen molar-refractivity contribution in [2.24, 2.45) is 5.92 Å². The van der Waals surface area contributed by atoms with Crippen molar-refractivity contribution < 1.29 is 19.8 Å². The van der Waals surface area contributed by atoms with E-state index in [1.165, 1.54) is 0 Å². The van der Waals surface area contributed by atoms with E-state index in [9.17, 15) is 19.8 Å². The third-order valence-corrected chi connectivity index (χ3v) is 4.43. The second-order valence-electron chi connectivity index (χ2n) is 5.62. The molecule has 2 fully saturated rings. The Morgan fingerprint density at radius 2 is 1.90 bits per heavy atom. The highest BCUT2D eigenvalue weighted by molar-refractivity contribution is 5.82. The second-order valence-corrected chi connectivity index (χ2v) is 5.62. The van der Waals surface area contributed by atoms with Crippen molar-refractivity contribution in [3.8, 4) is 5.75 Å². The summed E-state index contributed by atoms with van der Waals surface area (Å²) in [6.45, 7) is 0. The van der Waals surface area contributed by atoms with E-state index in [0.717, 1.165) is 18.4 Å². The van der Waals surface area contributed by atoms with Gasteiger partial charge in [-0.25, -0.2) is 0 Å². The van der Waals surface area contributed by atoms with Crippen LogP contribution < -0.4 is 0 Å². The van der Waals surface area contributed by atoms with Gasteiger partial charge in [0.15, 0.2) is 0 Å². The Morgan fingerprint density at radius 1 is 1.20 bits per heavy atom. The highest BCUT2D eigenvalue weighted by atomic mass is 16.4. The maximum atomic E-state index is 12.4. The predicted octanol–water partition coefficient (Wildman–Crippen LogP) is 1.40. The Balaban J connectivity index is 1.72. The summed E-state index contributed by atoms with van der Waals surface area (Å²) < 4.78 is 0. The first-order valence-corrected chi connectivity index (χ1v) is 6.88. The van der Waals surface area contributed by atoms with Crippen molar-refractivity contribution in [3.63, 3.8) is 0 Å². The number of carbonyl (C=O) groups excluding carboxylic acids is 1. The molecule has 3 rings (SSSR count). The Bertz CT molecular complexity index is 539. The van der Waals surface area contributed by atoms with Crippen LogP contribution in [-0.2, 0) is 16.0 Å². The molecule has 20 heavy (non-hydrogen) atoms. The minimum atomic E-state index is -0.792. The lowest BCUT2D eigenvalue weighted by Gasteiger charge is -2.23. The van der Waals surface area contributed by atoms with Crippen LogP contribution in [0.25, 0.3) is 0 Å². The number of hydrogen-bond donors (Lipinski definition) is 2. The number of hydrogen-bond acceptors (Lipinski definition) is 3. The number of carboxylic acid groups (broad SMARTS) is 1. The molecule has 2 aliphatic rings. The summed E-state index contributed by atoms with van der Waals surface area (Å²) in [5.41, 5.74) is 0.839. The van der Waals surface area contributed by atoms with E-state index in [2.05, 4.69) is 0 Å². The van der Waals surface area contributed by atoms with Crippen molar-refractivity contribution in [1.82, 2.24) is 4.90 Å². The van der Waals surface area contributed by atoms with E-state index < -0.39 is 11.9 Å². The van der Waals surface area contributed by atoms with Crippen LogP contribution in [0.4, 0.5) is 0 Å². The summed E-state index contributed by atoms with van der Waals surface area (Å²) in [5, 5.41) is 18.4. The number of fused-ring (bicyclic) bond motifs is 2. The summed E-state index contributed by atoms with van der Waals surface area (Å²) in [4.78, 5) is 25.4. The van der Waals surface area contributed by atoms with Gasteiger partial charge >= 0.3 is 5.97 Å². The molecule has 2 saturated heterocycles. The van der Waals surface area contributed by atoms with Crippen LogP contribution in [0.3, 0.4) is 0 Å². The van der Waals surface area contributed by atoms with Crippen molar-refractivity contribution in [2.75, 3.05) is 0 Å². The van der Waals surface area contributed by atoms with Crippen LogP contribution in [0.1, 0.15) is 24.8 Å². The minimum absolute atomic E-state index is 0.00746. The summed E-state index contributed by atoms with van der Waals surface area (Å²) in [6.07, 6.45) is 2.56. The van der Waals surface area contributed by atoms with E-state index in [1.807, 2.05) is 0 Å². The van der Waals surface area contributed by atoms with E-state index in [-0.39, 0.29) is 30.2 Å². The molecule has 5 nitrogen and oxygen atoms in total. The number of phenols is 1. The molecule has 0 aromatic heterocycles. The SMILES string of the molecule is O=C(O)C1CC2CCC1N2C(=O)Cc1ccc(O)cc1. The normalized spacial score (nSPS) is 27.8. The van der Waals surface area contributed by atoms with Gasteiger partial charge in [0.25, 0.3) is 0 Å². The second kappa shape index (κ2) is 4.81. The van der Waals surface area contributed by atoms with Gasteiger partial charge < -0.3 is 15.1 Å². The maximum absolute atomic E-state index is 12.4. The zero-order chi connectivity index (χ0) is 14.3. The number of nitrogens with zero attached hydrogens (tertiary/aromatic N) is 1. The van der Waals surface area contributed by atoms with Gasteiger partial charge in [-0.05, 0) is 37.0 Å². The third kappa shape index (κ3) is 2.13. The Hall–Kier alpha value is -2.04. The molecule has 0 radical (unpaired) electrons. The predicted molar refractivity (Wildman–Crippen MR) is 71.2 cm³/mol. The molecule has 0 saturated carbocycles. The van der Waals surface area contributed by atoms with Crippen LogP contribution in [0.15, 0.2) is 24.3 Å². The van der Waals surface area contributed by atoms with Gasteiger partial charge in [0.2, 0.25) is 5.91 Å². The highest BCUT2D eigenvalue weighted by Crippen LogP contribution is 2.42. The summed E-state index contributed by atoms with van der Waals surface area (Å²) in [7, 11) is 0. The molecule has 2 heterocycles. The van der Waals surface area contributed by atoms with E-state index in [0.29, 0.717) is 6.42 Å². The standard InChI is InChI=1S/C15H17NO4/c17-11-4-1-9(2-5-11)7-14(18)16-10-3-6-13(16)12(8-10)15(19)20/h1-2,4-5,10,12-13,17H,3,6-8H2,(H,19,20). The summed E-state index contributed by atoms with van der Waals surface area (Å²) in [5.74, 6) is -1.03. The highest BCUT2D eigenvalue weighted by Gasteiger charge is 2.50. The van der Waals surface area contributed by atoms with Crippen molar-refractivity contribution in [1.29, 1.82) is 0 Å². The lowest BCUT2D eigenvalue weighted by Crippen LogP contribution is -2.38. The lowest BCUT2D eigenvalue weighted by atomic mass is 9.89. The van der Waals surface area contributed by atoms with Crippen LogP contribution in [0.2, 0.25) is 0 Å². The molecule has 3 unspecified atom stereocenters. The molecule has 1 aromatic rings. The van der Waals surface area contributed by atoms with Crippen LogP contribution >= 0.6 is 0 Å². The first-order chi connectivity index (χ1) is 9.56. The molecule has 0 aliphatic carbocycles. The van der Waals surface area contributed by atoms with E-state index >= 15 is 0 Å². The fourth-order valence-electron chi connectivity index (χ4n) is 3.52. The molecule has 0 spiro atoms.